The van der Waals surface area contributed by atoms with Crippen molar-refractivity contribution < 1.29 is 43.8 Å². The minimum atomic E-state index is -1.30. The van der Waals surface area contributed by atoms with Crippen molar-refractivity contribution in [2.24, 2.45) is 22.4 Å². The van der Waals surface area contributed by atoms with E-state index in [2.05, 4.69) is 36.9 Å². The zero-order chi connectivity index (χ0) is 45.1. The molecule has 2 aromatic rings. The van der Waals surface area contributed by atoms with Crippen LogP contribution in [0.15, 0.2) is 59.6 Å². The summed E-state index contributed by atoms with van der Waals surface area (Å²) in [6, 6.07) is 7.51. The van der Waals surface area contributed by atoms with Crippen LogP contribution in [0.3, 0.4) is 0 Å². The average Bonchev–Trinajstić information content (AvgIpc) is 3.22. The van der Waals surface area contributed by atoms with E-state index in [-0.39, 0.29) is 56.9 Å². The van der Waals surface area contributed by atoms with Crippen molar-refractivity contribution in [3.63, 3.8) is 0 Å². The number of carboxylic acid groups (broad SMARTS) is 1. The standard InChI is InChI=1S/C42H62N10O9/c1-25(2)34-38(57)47-31(21-18-27-16-19-29(53)20-17-27)39(58)52(4)26(3)35(54)48-33(24-28-12-6-5-7-13-28)36(55)45-22-10-8-14-30(37(56)51-34)49-42(61)50-32(40(59)60)15-9-11-23-46-41(43)44/h5-7,12-13,16-17,19-20,25-26,30-34,53H,8-11,14-15,18,21-24H2,1-4H3,(H,45,55)(H,47,57)(H,48,54)(H,51,56)(H,59,60)(H4,43,44,46)(H2,49,50,61)/t26-,30-,31+,32-,33-,34+/m0/s1. The number of rotatable bonds is 14. The first-order chi connectivity index (χ1) is 29.0. The number of aromatic hydroxyl groups is 1. The smallest absolute Gasteiger partial charge is 0.326 e. The number of likely N-dealkylation sites (N-methyl/N-ethyl adjacent to an activating group) is 1. The number of nitrogens with zero attached hydrogens (tertiary/aromatic N) is 2. The van der Waals surface area contributed by atoms with Gasteiger partial charge in [-0.05, 0) is 87.5 Å². The number of aryl methyl sites for hydroxylation is 1. The number of carbonyl (C=O) groups is 7. The monoisotopic (exact) mass is 850 g/mol. The van der Waals surface area contributed by atoms with Gasteiger partial charge in [-0.15, -0.1) is 0 Å². The molecule has 1 heterocycles. The highest BCUT2D eigenvalue weighted by atomic mass is 16.4. The van der Waals surface area contributed by atoms with E-state index >= 15 is 0 Å². The first-order valence-corrected chi connectivity index (χ1v) is 20.6. The van der Waals surface area contributed by atoms with Crippen LogP contribution >= 0.6 is 0 Å². The lowest BCUT2D eigenvalue weighted by atomic mass is 9.99. The fraction of sp³-hybridized carbons (Fsp3) is 0.524. The van der Waals surface area contributed by atoms with Gasteiger partial charge in [0, 0.05) is 26.6 Å². The molecule has 19 heteroatoms. The minimum Gasteiger partial charge on any atom is -0.508 e. The van der Waals surface area contributed by atoms with Gasteiger partial charge in [-0.2, -0.15) is 0 Å². The lowest BCUT2D eigenvalue weighted by Crippen LogP contribution is -2.60. The number of amides is 7. The van der Waals surface area contributed by atoms with Gasteiger partial charge in [-0.25, -0.2) is 9.59 Å². The molecule has 1 aliphatic heterocycles. The molecule has 61 heavy (non-hydrogen) atoms. The Bertz CT molecular complexity index is 1820. The maximum atomic E-state index is 14.2. The minimum absolute atomic E-state index is 0.0397. The summed E-state index contributed by atoms with van der Waals surface area (Å²) >= 11 is 0. The number of aliphatic carboxylic acids is 1. The number of hydrogen-bond acceptors (Lipinski definition) is 9. The lowest BCUT2D eigenvalue weighted by Gasteiger charge is -2.31. The Morgan fingerprint density at radius 3 is 2.18 bits per heavy atom. The van der Waals surface area contributed by atoms with Gasteiger partial charge in [0.15, 0.2) is 5.96 Å². The number of nitrogens with two attached hydrogens (primary N) is 2. The molecule has 0 aromatic heterocycles. The molecule has 0 spiro atoms. The quantitative estimate of drug-likeness (QED) is 0.0705. The van der Waals surface area contributed by atoms with Crippen molar-refractivity contribution in [3.05, 3.63) is 65.7 Å². The van der Waals surface area contributed by atoms with E-state index in [4.69, 9.17) is 11.5 Å². The summed E-state index contributed by atoms with van der Waals surface area (Å²) in [5, 5.41) is 35.7. The van der Waals surface area contributed by atoms with E-state index in [1.165, 1.54) is 31.0 Å². The van der Waals surface area contributed by atoms with Crippen LogP contribution in [0.2, 0.25) is 0 Å². The Balaban J connectivity index is 1.93. The zero-order valence-electron chi connectivity index (χ0n) is 35.3. The van der Waals surface area contributed by atoms with Gasteiger partial charge < -0.3 is 58.5 Å². The Morgan fingerprint density at radius 1 is 0.869 bits per heavy atom. The first kappa shape index (κ1) is 49.0. The molecule has 19 nitrogen and oxygen atoms in total. The van der Waals surface area contributed by atoms with E-state index in [1.807, 2.05) is 30.3 Å². The second kappa shape index (κ2) is 24.6. The SMILES string of the molecule is CC(C)[C@H]1NC(=O)[C@@H](NC(=O)N[C@@H](CCCCN=C(N)N)C(=O)O)CCCCNC(=O)[C@H](Cc2ccccc2)NC(=O)[C@H](C)N(C)C(=O)[C@@H](CCc2ccc(O)cc2)NC1=O. The van der Waals surface area contributed by atoms with E-state index in [9.17, 15) is 43.8 Å². The van der Waals surface area contributed by atoms with Crippen molar-refractivity contribution in [2.45, 2.75) is 115 Å². The van der Waals surface area contributed by atoms with Crippen molar-refractivity contribution in [1.82, 2.24) is 36.8 Å². The maximum absolute atomic E-state index is 14.2. The molecule has 6 atom stereocenters. The molecular weight excluding hydrogens is 789 g/mol. The van der Waals surface area contributed by atoms with Crippen molar-refractivity contribution >= 4 is 47.5 Å². The molecule has 12 N–H and O–H groups in total. The summed E-state index contributed by atoms with van der Waals surface area (Å²) in [4.78, 5) is 99.8. The van der Waals surface area contributed by atoms with E-state index in [0.29, 0.717) is 25.7 Å². The summed E-state index contributed by atoms with van der Waals surface area (Å²) < 4.78 is 0. The second-order valence-corrected chi connectivity index (χ2v) is 15.5. The number of phenols is 1. The van der Waals surface area contributed by atoms with Gasteiger partial charge >= 0.3 is 12.0 Å². The Morgan fingerprint density at radius 2 is 1.54 bits per heavy atom. The number of carbonyl (C=O) groups excluding carboxylic acids is 6. The lowest BCUT2D eigenvalue weighted by molar-refractivity contribution is -0.142. The summed E-state index contributed by atoms with van der Waals surface area (Å²) in [6.45, 7) is 5.33. The van der Waals surface area contributed by atoms with Gasteiger partial charge in [0.2, 0.25) is 29.5 Å². The van der Waals surface area contributed by atoms with Crippen LogP contribution in [-0.2, 0) is 41.6 Å². The van der Waals surface area contributed by atoms with Crippen LogP contribution in [0.25, 0.3) is 0 Å². The topological polar surface area (TPSA) is 300 Å². The molecule has 2 aromatic carbocycles. The van der Waals surface area contributed by atoms with Gasteiger partial charge in [0.25, 0.3) is 0 Å². The molecule has 0 bridgehead atoms. The Hall–Kier alpha value is -6.40. The van der Waals surface area contributed by atoms with Crippen molar-refractivity contribution in [2.75, 3.05) is 20.1 Å². The molecule has 0 saturated carbocycles. The molecule has 1 saturated heterocycles. The highest BCUT2D eigenvalue weighted by Gasteiger charge is 2.35. The molecule has 7 amide bonds. The van der Waals surface area contributed by atoms with Crippen molar-refractivity contribution in [3.8, 4) is 5.75 Å². The molecule has 0 aliphatic carbocycles. The van der Waals surface area contributed by atoms with Crippen molar-refractivity contribution in [1.29, 1.82) is 0 Å². The molecule has 1 aliphatic rings. The van der Waals surface area contributed by atoms with E-state index in [0.717, 1.165) is 11.1 Å². The molecule has 0 unspecified atom stereocenters. The number of phenolic OH excluding ortho intramolecular Hbond substituents is 1. The third-order valence-corrected chi connectivity index (χ3v) is 10.4. The predicted octanol–water partition coefficient (Wildman–Crippen LogP) is 0.390. The third-order valence-electron chi connectivity index (χ3n) is 10.4. The summed E-state index contributed by atoms with van der Waals surface area (Å²) in [6.07, 6.45) is 2.10. The molecule has 334 valence electrons. The average molecular weight is 851 g/mol. The Kier molecular flexibility index (Phi) is 19.8. The molecule has 0 radical (unpaired) electrons. The predicted molar refractivity (Wildman–Crippen MR) is 228 cm³/mol. The highest BCUT2D eigenvalue weighted by molar-refractivity contribution is 5.96. The normalized spacial score (nSPS) is 21.6. The Labute approximate surface area is 356 Å². The van der Waals surface area contributed by atoms with Crippen LogP contribution < -0.4 is 43.4 Å². The number of carboxylic acids is 1. The van der Waals surface area contributed by atoms with E-state index < -0.39 is 83.7 Å². The van der Waals surface area contributed by atoms with Gasteiger partial charge in [0.1, 0.15) is 42.0 Å². The third kappa shape index (κ3) is 16.6. The van der Waals surface area contributed by atoms with Gasteiger partial charge in [-0.3, -0.25) is 29.0 Å². The number of aliphatic imine (C=N–C) groups is 1. The number of hydrogen-bond donors (Lipinski definition) is 10. The second-order valence-electron chi connectivity index (χ2n) is 15.5. The van der Waals surface area contributed by atoms with Gasteiger partial charge in [0.05, 0.1) is 0 Å². The number of benzene rings is 2. The summed E-state index contributed by atoms with van der Waals surface area (Å²) in [5.74, 6) is -4.93. The summed E-state index contributed by atoms with van der Waals surface area (Å²) in [7, 11) is 1.42. The van der Waals surface area contributed by atoms with Crippen LogP contribution in [0.4, 0.5) is 4.79 Å². The first-order valence-electron chi connectivity index (χ1n) is 20.6. The number of unbranched alkanes of at least 4 members (excludes halogenated alkanes) is 1. The largest absolute Gasteiger partial charge is 0.508 e. The number of guanidine groups is 1. The molecular formula is C42H62N10O9. The highest BCUT2D eigenvalue weighted by Crippen LogP contribution is 2.15. The number of nitrogens with one attached hydrogen (secondary N) is 6. The fourth-order valence-electron chi connectivity index (χ4n) is 6.61. The van der Waals surface area contributed by atoms with E-state index in [1.54, 1.807) is 26.0 Å². The van der Waals surface area contributed by atoms with Crippen LogP contribution in [0.5, 0.6) is 5.75 Å². The molecule has 3 rings (SSSR count). The van der Waals surface area contributed by atoms with Crippen LogP contribution in [-0.4, -0.2) is 119 Å². The maximum Gasteiger partial charge on any atom is 0.326 e. The number of urea groups is 1. The zero-order valence-corrected chi connectivity index (χ0v) is 35.3. The van der Waals surface area contributed by atoms with Crippen LogP contribution in [0.1, 0.15) is 76.8 Å². The molecule has 1 fully saturated rings. The summed E-state index contributed by atoms with van der Waals surface area (Å²) in [5.41, 5.74) is 12.2. The van der Waals surface area contributed by atoms with Crippen LogP contribution in [0, 0.1) is 5.92 Å². The fourth-order valence-corrected chi connectivity index (χ4v) is 6.61. The van der Waals surface area contributed by atoms with Gasteiger partial charge in [-0.1, -0.05) is 56.3 Å².